The van der Waals surface area contributed by atoms with Crippen molar-refractivity contribution >= 4 is 19.3 Å². The monoisotopic (exact) mass is 434 g/mol. The number of nitrogens with one attached hydrogen (secondary N) is 2. The largest absolute Gasteiger partial charge is 0.462 e. The molecule has 2 rings (SSSR count). The number of benzene rings is 1. The van der Waals surface area contributed by atoms with Crippen LogP contribution in [0.5, 0.6) is 5.75 Å². The number of hydrogen-bond acceptors (Lipinski definition) is 7. The zero-order chi connectivity index (χ0) is 21.8. The van der Waals surface area contributed by atoms with Crippen LogP contribution in [0, 0.1) is 0 Å². The van der Waals surface area contributed by atoms with E-state index in [1.165, 1.54) is 12.1 Å². The van der Waals surface area contributed by atoms with Crippen molar-refractivity contribution in [2.75, 3.05) is 11.5 Å². The topological polar surface area (TPSA) is 178 Å². The van der Waals surface area contributed by atoms with E-state index in [2.05, 4.69) is 10.6 Å². The molecule has 1 saturated heterocycles. The molecule has 2 amide bonds. The lowest BCUT2D eigenvalue weighted by molar-refractivity contribution is -0.272. The van der Waals surface area contributed by atoms with Crippen LogP contribution in [-0.2, 0) is 9.30 Å². The van der Waals surface area contributed by atoms with Crippen molar-refractivity contribution in [3.05, 3.63) is 24.3 Å². The van der Waals surface area contributed by atoms with Crippen LogP contribution < -0.4 is 15.4 Å². The van der Waals surface area contributed by atoms with Gasteiger partial charge in [-0.3, -0.25) is 4.57 Å². The van der Waals surface area contributed by atoms with Gasteiger partial charge in [-0.05, 0) is 44.5 Å². The Morgan fingerprint density at radius 3 is 2.31 bits per heavy atom. The van der Waals surface area contributed by atoms with Gasteiger partial charge in [-0.25, -0.2) is 4.79 Å². The molecule has 29 heavy (non-hydrogen) atoms. The zero-order valence-electron chi connectivity index (χ0n) is 16.0. The SMILES string of the molecule is CC(C)NC(=O)Nc1ccc(O[C@H]2O[C@H](CCP(=O)(O)O)[C@@H](O)[C@H](O)[C@@H]2O)cc1. The van der Waals surface area contributed by atoms with Crippen LogP contribution >= 0.6 is 7.60 Å². The fourth-order valence-corrected chi connectivity index (χ4v) is 3.32. The van der Waals surface area contributed by atoms with Crippen LogP contribution in [0.25, 0.3) is 0 Å². The van der Waals surface area contributed by atoms with Crippen LogP contribution in [-0.4, -0.2) is 74.0 Å². The number of aliphatic hydroxyl groups is 3. The molecule has 1 aliphatic rings. The van der Waals surface area contributed by atoms with Crippen molar-refractivity contribution in [1.82, 2.24) is 5.32 Å². The summed E-state index contributed by atoms with van der Waals surface area (Å²) in [5.74, 6) is 0.251. The summed E-state index contributed by atoms with van der Waals surface area (Å²) in [6, 6.07) is 5.72. The maximum atomic E-state index is 11.7. The number of ether oxygens (including phenoxy) is 2. The van der Waals surface area contributed by atoms with Gasteiger partial charge in [-0.15, -0.1) is 0 Å². The van der Waals surface area contributed by atoms with Crippen LogP contribution in [0.4, 0.5) is 10.5 Å². The summed E-state index contributed by atoms with van der Waals surface area (Å²) >= 11 is 0. The average Bonchev–Trinajstić information content (AvgIpc) is 2.61. The van der Waals surface area contributed by atoms with Gasteiger partial charge >= 0.3 is 13.6 Å². The van der Waals surface area contributed by atoms with Crippen molar-refractivity contribution in [3.63, 3.8) is 0 Å². The molecule has 12 heteroatoms. The number of anilines is 1. The van der Waals surface area contributed by atoms with Gasteiger partial charge in [0, 0.05) is 11.7 Å². The Balaban J connectivity index is 1.99. The first-order valence-electron chi connectivity index (χ1n) is 9.05. The highest BCUT2D eigenvalue weighted by Gasteiger charge is 2.45. The predicted octanol–water partition coefficient (Wildman–Crippen LogP) is -0.0293. The number of rotatable bonds is 7. The minimum absolute atomic E-state index is 0.0251. The smallest absolute Gasteiger partial charge is 0.325 e. The molecule has 5 atom stereocenters. The van der Waals surface area contributed by atoms with Gasteiger partial charge in [0.05, 0.1) is 12.3 Å². The molecular formula is C17H27N2O9P. The van der Waals surface area contributed by atoms with Crippen molar-refractivity contribution in [2.45, 2.75) is 57.0 Å². The third-order valence-electron chi connectivity index (χ3n) is 4.16. The molecule has 1 aromatic carbocycles. The second-order valence-corrected chi connectivity index (χ2v) is 8.86. The minimum Gasteiger partial charge on any atom is -0.462 e. The number of amides is 2. The van der Waals surface area contributed by atoms with Crippen LogP contribution in [0.2, 0.25) is 0 Å². The number of hydrogen-bond donors (Lipinski definition) is 7. The van der Waals surface area contributed by atoms with E-state index in [4.69, 9.17) is 19.3 Å². The lowest BCUT2D eigenvalue weighted by Gasteiger charge is -2.40. The molecular weight excluding hydrogens is 407 g/mol. The molecule has 164 valence electrons. The van der Waals surface area contributed by atoms with Gasteiger partial charge in [-0.2, -0.15) is 0 Å². The highest BCUT2D eigenvalue weighted by Crippen LogP contribution is 2.37. The lowest BCUT2D eigenvalue weighted by Crippen LogP contribution is -2.59. The van der Waals surface area contributed by atoms with Crippen LogP contribution in [0.3, 0.4) is 0 Å². The predicted molar refractivity (Wildman–Crippen MR) is 103 cm³/mol. The number of aliphatic hydroxyl groups excluding tert-OH is 3. The molecule has 1 heterocycles. The Morgan fingerprint density at radius 2 is 1.76 bits per heavy atom. The number of carbonyl (C=O) groups is 1. The van der Waals surface area contributed by atoms with Crippen molar-refractivity contribution in [1.29, 1.82) is 0 Å². The fraction of sp³-hybridized carbons (Fsp3) is 0.588. The highest BCUT2D eigenvalue weighted by atomic mass is 31.2. The quantitative estimate of drug-likeness (QED) is 0.290. The molecule has 0 unspecified atom stereocenters. The molecule has 0 saturated carbocycles. The molecule has 0 radical (unpaired) electrons. The van der Waals surface area contributed by atoms with E-state index in [0.717, 1.165) is 0 Å². The van der Waals surface area contributed by atoms with E-state index in [9.17, 15) is 24.7 Å². The molecule has 1 aromatic rings. The highest BCUT2D eigenvalue weighted by molar-refractivity contribution is 7.51. The van der Waals surface area contributed by atoms with E-state index in [1.54, 1.807) is 12.1 Å². The first kappa shape index (κ1) is 23.6. The van der Waals surface area contributed by atoms with Gasteiger partial charge in [-0.1, -0.05) is 0 Å². The van der Waals surface area contributed by atoms with Crippen molar-refractivity contribution < 1.29 is 43.9 Å². The molecule has 0 aromatic heterocycles. The molecule has 1 fully saturated rings. The Hall–Kier alpha value is -1.72. The Kier molecular flexibility index (Phi) is 8.01. The summed E-state index contributed by atoms with van der Waals surface area (Å²) < 4.78 is 22.0. The molecule has 1 aliphatic heterocycles. The summed E-state index contributed by atoms with van der Waals surface area (Å²) in [5.41, 5.74) is 0.496. The molecule has 0 spiro atoms. The summed E-state index contributed by atoms with van der Waals surface area (Å²) in [6.45, 7) is 3.65. The molecule has 11 nitrogen and oxygen atoms in total. The summed E-state index contributed by atoms with van der Waals surface area (Å²) in [4.78, 5) is 29.7. The zero-order valence-corrected chi connectivity index (χ0v) is 16.9. The van der Waals surface area contributed by atoms with E-state index in [0.29, 0.717) is 5.69 Å². The standard InChI is InChI=1S/C17H27N2O9P/c1-9(2)18-17(23)19-10-3-5-11(6-4-10)27-16-15(22)14(21)13(20)12(28-16)7-8-29(24,25)26/h3-6,9,12-16,20-22H,7-8H2,1-2H3,(H2,18,19,23)(H2,24,25,26)/t12-,13-,14+,15+,16+/m1/s1. The molecule has 0 aliphatic carbocycles. The number of urea groups is 1. The maximum Gasteiger partial charge on any atom is 0.325 e. The van der Waals surface area contributed by atoms with Gasteiger partial charge < -0.3 is 45.2 Å². The normalized spacial score (nSPS) is 27.5. The minimum atomic E-state index is -4.32. The maximum absolute atomic E-state index is 11.7. The molecule has 0 bridgehead atoms. The second-order valence-electron chi connectivity index (χ2n) is 7.09. The third-order valence-corrected chi connectivity index (χ3v) is 5.00. The third kappa shape index (κ3) is 7.23. The Bertz CT molecular complexity index is 724. The van der Waals surface area contributed by atoms with Gasteiger partial charge in [0.2, 0.25) is 6.29 Å². The summed E-state index contributed by atoms with van der Waals surface area (Å²) in [5, 5.41) is 35.4. The Morgan fingerprint density at radius 1 is 1.14 bits per heavy atom. The van der Waals surface area contributed by atoms with Crippen molar-refractivity contribution in [3.8, 4) is 5.75 Å². The first-order valence-corrected chi connectivity index (χ1v) is 10.8. The van der Waals surface area contributed by atoms with Gasteiger partial charge in [0.1, 0.15) is 24.1 Å². The average molecular weight is 434 g/mol. The van der Waals surface area contributed by atoms with Crippen LogP contribution in [0.1, 0.15) is 20.3 Å². The first-order chi connectivity index (χ1) is 13.5. The van der Waals surface area contributed by atoms with Crippen molar-refractivity contribution in [2.24, 2.45) is 0 Å². The van der Waals surface area contributed by atoms with E-state index in [-0.39, 0.29) is 24.2 Å². The van der Waals surface area contributed by atoms with E-state index >= 15 is 0 Å². The van der Waals surface area contributed by atoms with E-state index in [1.807, 2.05) is 13.8 Å². The lowest BCUT2D eigenvalue weighted by atomic mass is 9.97. The van der Waals surface area contributed by atoms with Gasteiger partial charge in [0.25, 0.3) is 0 Å². The van der Waals surface area contributed by atoms with E-state index < -0.39 is 44.5 Å². The second kappa shape index (κ2) is 9.86. The van der Waals surface area contributed by atoms with Gasteiger partial charge in [0.15, 0.2) is 0 Å². The summed E-state index contributed by atoms with van der Waals surface area (Å²) in [7, 11) is -4.32. The number of carbonyl (C=O) groups excluding carboxylic acids is 1. The fourth-order valence-electron chi connectivity index (χ4n) is 2.73. The van der Waals surface area contributed by atoms with Crippen LogP contribution in [0.15, 0.2) is 24.3 Å². The molecule has 7 N–H and O–H groups in total. The summed E-state index contributed by atoms with van der Waals surface area (Å²) in [6.07, 6.45) is -8.00. The Labute approximate surface area is 167 Å².